The second kappa shape index (κ2) is 6.66. The number of halogens is 1. The molecule has 1 N–H and O–H groups in total. The molecule has 1 amide bonds. The molecular weight excluding hydrogens is 288 g/mol. The molecule has 3 nitrogen and oxygen atoms in total. The number of amides is 1. The van der Waals surface area contributed by atoms with Crippen molar-refractivity contribution in [2.75, 3.05) is 0 Å². The van der Waals surface area contributed by atoms with Crippen LogP contribution in [0.4, 0.5) is 0 Å². The van der Waals surface area contributed by atoms with Crippen molar-refractivity contribution < 1.29 is 4.79 Å². The van der Waals surface area contributed by atoms with Gasteiger partial charge in [0.05, 0.1) is 12.6 Å². The van der Waals surface area contributed by atoms with Gasteiger partial charge in [0.15, 0.2) is 0 Å². The van der Waals surface area contributed by atoms with E-state index in [1.165, 1.54) is 0 Å². The van der Waals surface area contributed by atoms with Crippen molar-refractivity contribution in [3.05, 3.63) is 20.8 Å². The van der Waals surface area contributed by atoms with E-state index in [2.05, 4.69) is 21.2 Å². The summed E-state index contributed by atoms with van der Waals surface area (Å²) < 4.78 is 1.02. The highest BCUT2D eigenvalue weighted by Crippen LogP contribution is 2.19. The smallest absolute Gasteiger partial charge is 0.237 e. The van der Waals surface area contributed by atoms with Gasteiger partial charge < -0.3 is 5.32 Å². The molecule has 0 saturated carbocycles. The minimum Gasteiger partial charge on any atom is -0.350 e. The highest BCUT2D eigenvalue weighted by Gasteiger charge is 2.16. The fraction of sp³-hybridized carbons (Fsp3) is 0.455. The maximum Gasteiger partial charge on any atom is 0.237 e. The van der Waals surface area contributed by atoms with E-state index in [0.29, 0.717) is 13.0 Å². The summed E-state index contributed by atoms with van der Waals surface area (Å²) in [5, 5.41) is 13.6. The molecule has 0 aromatic carbocycles. The second-order valence-corrected chi connectivity index (χ2v) is 5.33. The van der Waals surface area contributed by atoms with E-state index in [0.717, 1.165) is 15.8 Å². The van der Waals surface area contributed by atoms with Crippen LogP contribution in [0.3, 0.4) is 0 Å². The van der Waals surface area contributed by atoms with Crippen LogP contribution < -0.4 is 5.32 Å². The predicted octanol–water partition coefficient (Wildman–Crippen LogP) is 3.07. The number of thiophene rings is 1. The molecule has 1 atom stereocenters. The van der Waals surface area contributed by atoms with Crippen molar-refractivity contribution in [3.8, 4) is 6.07 Å². The zero-order valence-electron chi connectivity index (χ0n) is 9.00. The summed E-state index contributed by atoms with van der Waals surface area (Å²) in [4.78, 5) is 12.7. The molecule has 1 aromatic rings. The van der Waals surface area contributed by atoms with Crippen molar-refractivity contribution in [2.24, 2.45) is 5.92 Å². The minimum atomic E-state index is -0.520. The SMILES string of the molecule is CCCC(C#N)C(=O)NCc1cc(Br)cs1. The molecule has 1 heterocycles. The summed E-state index contributed by atoms with van der Waals surface area (Å²) in [5.74, 6) is -0.692. The molecule has 0 aliphatic heterocycles. The van der Waals surface area contributed by atoms with Gasteiger partial charge in [-0.3, -0.25) is 4.79 Å². The Labute approximate surface area is 108 Å². The van der Waals surface area contributed by atoms with Gasteiger partial charge in [-0.2, -0.15) is 5.26 Å². The van der Waals surface area contributed by atoms with Crippen molar-refractivity contribution in [1.82, 2.24) is 5.32 Å². The number of nitrogens with one attached hydrogen (secondary N) is 1. The first-order valence-corrected chi connectivity index (χ1v) is 6.75. The summed E-state index contributed by atoms with van der Waals surface area (Å²) in [6, 6.07) is 3.99. The van der Waals surface area contributed by atoms with E-state index >= 15 is 0 Å². The maximum absolute atomic E-state index is 11.6. The van der Waals surface area contributed by atoms with Crippen LogP contribution in [0.25, 0.3) is 0 Å². The van der Waals surface area contributed by atoms with Crippen molar-refractivity contribution in [1.29, 1.82) is 5.26 Å². The van der Waals surface area contributed by atoms with Crippen LogP contribution in [0.15, 0.2) is 15.9 Å². The number of carbonyl (C=O) groups excluding carboxylic acids is 1. The average molecular weight is 301 g/mol. The van der Waals surface area contributed by atoms with E-state index in [1.807, 2.05) is 24.4 Å². The fourth-order valence-electron chi connectivity index (χ4n) is 1.29. The molecule has 86 valence electrons. The Morgan fingerprint density at radius 1 is 1.75 bits per heavy atom. The molecule has 0 aliphatic carbocycles. The molecule has 0 saturated heterocycles. The largest absolute Gasteiger partial charge is 0.350 e. The van der Waals surface area contributed by atoms with Gasteiger partial charge in [-0.05, 0) is 28.4 Å². The third-order valence-electron chi connectivity index (χ3n) is 2.11. The zero-order valence-corrected chi connectivity index (χ0v) is 11.4. The van der Waals surface area contributed by atoms with Crippen LogP contribution in [0, 0.1) is 17.2 Å². The Kier molecular flexibility index (Phi) is 5.50. The first-order chi connectivity index (χ1) is 7.67. The first kappa shape index (κ1) is 13.2. The summed E-state index contributed by atoms with van der Waals surface area (Å²) in [5.41, 5.74) is 0. The number of nitrogens with zero attached hydrogens (tertiary/aromatic N) is 1. The van der Waals surface area contributed by atoms with Crippen LogP contribution >= 0.6 is 27.3 Å². The number of rotatable bonds is 5. The summed E-state index contributed by atoms with van der Waals surface area (Å²) in [6.07, 6.45) is 1.46. The van der Waals surface area contributed by atoms with Gasteiger partial charge in [-0.25, -0.2) is 0 Å². The lowest BCUT2D eigenvalue weighted by Crippen LogP contribution is -2.29. The van der Waals surface area contributed by atoms with E-state index in [-0.39, 0.29) is 5.91 Å². The summed E-state index contributed by atoms with van der Waals surface area (Å²) in [6.45, 7) is 2.46. The van der Waals surface area contributed by atoms with E-state index in [9.17, 15) is 4.79 Å². The second-order valence-electron chi connectivity index (χ2n) is 3.42. The predicted molar refractivity (Wildman–Crippen MR) is 67.9 cm³/mol. The van der Waals surface area contributed by atoms with E-state index < -0.39 is 5.92 Å². The molecule has 0 bridgehead atoms. The van der Waals surface area contributed by atoms with Gasteiger partial charge in [0.25, 0.3) is 0 Å². The molecule has 1 unspecified atom stereocenters. The average Bonchev–Trinajstić information content (AvgIpc) is 2.68. The Balaban J connectivity index is 2.43. The van der Waals surface area contributed by atoms with Gasteiger partial charge in [0, 0.05) is 14.7 Å². The monoisotopic (exact) mass is 300 g/mol. The molecule has 5 heteroatoms. The lowest BCUT2D eigenvalue weighted by molar-refractivity contribution is -0.123. The van der Waals surface area contributed by atoms with Crippen LogP contribution in [-0.2, 0) is 11.3 Å². The molecule has 0 aliphatic rings. The third-order valence-corrected chi connectivity index (χ3v) is 3.81. The van der Waals surface area contributed by atoms with Gasteiger partial charge in [-0.1, -0.05) is 13.3 Å². The van der Waals surface area contributed by atoms with E-state index in [4.69, 9.17) is 5.26 Å². The lowest BCUT2D eigenvalue weighted by atomic mass is 10.1. The highest BCUT2D eigenvalue weighted by atomic mass is 79.9. The summed E-state index contributed by atoms with van der Waals surface area (Å²) in [7, 11) is 0. The number of hydrogen-bond acceptors (Lipinski definition) is 3. The third kappa shape index (κ3) is 3.95. The summed E-state index contributed by atoms with van der Waals surface area (Å²) >= 11 is 4.93. The van der Waals surface area contributed by atoms with Gasteiger partial charge in [0.2, 0.25) is 5.91 Å². The molecule has 1 rings (SSSR count). The quantitative estimate of drug-likeness (QED) is 0.908. The highest BCUT2D eigenvalue weighted by molar-refractivity contribution is 9.10. The topological polar surface area (TPSA) is 52.9 Å². The Morgan fingerprint density at radius 3 is 3.00 bits per heavy atom. The van der Waals surface area contributed by atoms with Crippen molar-refractivity contribution in [2.45, 2.75) is 26.3 Å². The van der Waals surface area contributed by atoms with Crippen LogP contribution in [0.5, 0.6) is 0 Å². The normalized spacial score (nSPS) is 11.8. The lowest BCUT2D eigenvalue weighted by Gasteiger charge is -2.07. The Bertz CT molecular complexity index is 397. The fourth-order valence-corrected chi connectivity index (χ4v) is 2.68. The Hall–Kier alpha value is -0.860. The van der Waals surface area contributed by atoms with Crippen molar-refractivity contribution in [3.63, 3.8) is 0 Å². The molecule has 0 fully saturated rings. The molecule has 16 heavy (non-hydrogen) atoms. The van der Waals surface area contributed by atoms with Crippen LogP contribution in [-0.4, -0.2) is 5.91 Å². The Morgan fingerprint density at radius 2 is 2.50 bits per heavy atom. The molecule has 0 spiro atoms. The minimum absolute atomic E-state index is 0.172. The number of carbonyl (C=O) groups is 1. The zero-order chi connectivity index (χ0) is 12.0. The molecular formula is C11H13BrN2OS. The van der Waals surface area contributed by atoms with Gasteiger partial charge >= 0.3 is 0 Å². The van der Waals surface area contributed by atoms with Gasteiger partial charge in [0.1, 0.15) is 5.92 Å². The van der Waals surface area contributed by atoms with Crippen molar-refractivity contribution >= 4 is 33.2 Å². The number of nitriles is 1. The van der Waals surface area contributed by atoms with Crippen LogP contribution in [0.1, 0.15) is 24.6 Å². The molecule has 1 aromatic heterocycles. The molecule has 0 radical (unpaired) electrons. The van der Waals surface area contributed by atoms with Crippen LogP contribution in [0.2, 0.25) is 0 Å². The standard InChI is InChI=1S/C11H13BrN2OS/c1-2-3-8(5-13)11(15)14-6-10-4-9(12)7-16-10/h4,7-8H,2-3,6H2,1H3,(H,14,15). The number of hydrogen-bond donors (Lipinski definition) is 1. The maximum atomic E-state index is 11.6. The van der Waals surface area contributed by atoms with E-state index in [1.54, 1.807) is 11.3 Å². The first-order valence-electron chi connectivity index (χ1n) is 5.07. The van der Waals surface area contributed by atoms with Gasteiger partial charge in [-0.15, -0.1) is 11.3 Å².